The highest BCUT2D eigenvalue weighted by atomic mass is 32.2. The molecule has 4 nitrogen and oxygen atoms in total. The van der Waals surface area contributed by atoms with Gasteiger partial charge in [0, 0.05) is 18.8 Å². The molecule has 0 unspecified atom stereocenters. The van der Waals surface area contributed by atoms with Crippen molar-refractivity contribution in [3.8, 4) is 0 Å². The summed E-state index contributed by atoms with van der Waals surface area (Å²) in [5.41, 5.74) is 3.02. The highest BCUT2D eigenvalue weighted by Gasteiger charge is 2.34. The van der Waals surface area contributed by atoms with E-state index < -0.39 is 0 Å². The molecule has 0 N–H and O–H groups in total. The zero-order valence-electron chi connectivity index (χ0n) is 15.0. The van der Waals surface area contributed by atoms with Crippen molar-refractivity contribution in [1.29, 1.82) is 0 Å². The molecule has 0 radical (unpaired) electrons. The average Bonchev–Trinajstić information content (AvgIpc) is 2.92. The Morgan fingerprint density at radius 2 is 1.62 bits per heavy atom. The molecule has 0 bridgehead atoms. The molecule has 1 aliphatic heterocycles. The first kappa shape index (κ1) is 18.3. The number of hydrogen-bond donors (Lipinski definition) is 0. The third-order valence-electron chi connectivity index (χ3n) is 4.38. The number of carbonyl (C=O) groups excluding carboxylic acids is 2. The molecule has 1 saturated heterocycles. The summed E-state index contributed by atoms with van der Waals surface area (Å²) in [4.78, 5) is 28.9. The van der Waals surface area contributed by atoms with Gasteiger partial charge in [-0.15, -0.1) is 0 Å². The highest BCUT2D eigenvalue weighted by molar-refractivity contribution is 8.18. The van der Waals surface area contributed by atoms with Crippen molar-refractivity contribution in [1.82, 2.24) is 4.90 Å². The molecule has 0 saturated carbocycles. The van der Waals surface area contributed by atoms with Crippen LogP contribution in [0.1, 0.15) is 25.0 Å². The van der Waals surface area contributed by atoms with Crippen LogP contribution < -0.4 is 4.90 Å². The molecule has 2 aromatic carbocycles. The second-order valence-electron chi connectivity index (χ2n) is 6.02. The van der Waals surface area contributed by atoms with Gasteiger partial charge in [-0.2, -0.15) is 0 Å². The second-order valence-corrected chi connectivity index (χ2v) is 7.01. The van der Waals surface area contributed by atoms with E-state index in [-0.39, 0.29) is 11.1 Å². The van der Waals surface area contributed by atoms with Crippen LogP contribution in [0.15, 0.2) is 59.5 Å². The van der Waals surface area contributed by atoms with E-state index in [0.29, 0.717) is 11.4 Å². The maximum Gasteiger partial charge on any atom is 0.293 e. The van der Waals surface area contributed by atoms with Gasteiger partial charge in [0.15, 0.2) is 0 Å². The van der Waals surface area contributed by atoms with Gasteiger partial charge < -0.3 is 4.90 Å². The Kier molecular flexibility index (Phi) is 5.78. The second kappa shape index (κ2) is 8.23. The van der Waals surface area contributed by atoms with Gasteiger partial charge in [0.25, 0.3) is 11.1 Å². The lowest BCUT2D eigenvalue weighted by Crippen LogP contribution is -2.27. The van der Waals surface area contributed by atoms with Crippen LogP contribution in [0.4, 0.5) is 10.5 Å². The number of anilines is 1. The summed E-state index contributed by atoms with van der Waals surface area (Å²) in [6.45, 7) is 6.46. The third-order valence-corrected chi connectivity index (χ3v) is 5.28. The zero-order chi connectivity index (χ0) is 18.5. The number of carbonyl (C=O) groups is 2. The lowest BCUT2D eigenvalue weighted by molar-refractivity contribution is -0.123. The summed E-state index contributed by atoms with van der Waals surface area (Å²) in [7, 11) is 0. The molecule has 2 amide bonds. The van der Waals surface area contributed by atoms with E-state index in [1.807, 2.05) is 54.6 Å². The largest absolute Gasteiger partial charge is 0.372 e. The monoisotopic (exact) mass is 366 g/mol. The first-order valence-corrected chi connectivity index (χ1v) is 9.58. The number of thioether (sulfide) groups is 1. The van der Waals surface area contributed by atoms with Crippen molar-refractivity contribution in [3.05, 3.63) is 70.6 Å². The minimum Gasteiger partial charge on any atom is -0.372 e. The molecule has 0 spiro atoms. The highest BCUT2D eigenvalue weighted by Crippen LogP contribution is 2.33. The van der Waals surface area contributed by atoms with Gasteiger partial charge in [0.1, 0.15) is 0 Å². The SMILES string of the molecule is CCN(CC)c1ccc(C=C2SC(=O)N(Cc3ccccc3)C2=O)cc1. The Morgan fingerprint density at radius 3 is 2.23 bits per heavy atom. The van der Waals surface area contributed by atoms with E-state index in [1.165, 1.54) is 4.90 Å². The van der Waals surface area contributed by atoms with Crippen LogP contribution in [0.2, 0.25) is 0 Å². The van der Waals surface area contributed by atoms with Crippen molar-refractivity contribution >= 4 is 34.7 Å². The molecule has 3 rings (SSSR count). The van der Waals surface area contributed by atoms with Crippen molar-refractivity contribution < 1.29 is 9.59 Å². The molecular weight excluding hydrogens is 344 g/mol. The van der Waals surface area contributed by atoms with E-state index in [0.717, 1.165) is 41.7 Å². The zero-order valence-corrected chi connectivity index (χ0v) is 15.8. The number of amides is 2. The Hall–Kier alpha value is -2.53. The summed E-state index contributed by atoms with van der Waals surface area (Å²) in [5.74, 6) is -0.225. The van der Waals surface area contributed by atoms with E-state index in [2.05, 4.69) is 18.7 Å². The van der Waals surface area contributed by atoms with Crippen molar-refractivity contribution in [2.45, 2.75) is 20.4 Å². The molecule has 26 heavy (non-hydrogen) atoms. The standard InChI is InChI=1S/C21H22N2O2S/c1-3-22(4-2)18-12-10-16(11-13-18)14-19-20(24)23(21(25)26-19)15-17-8-6-5-7-9-17/h5-14H,3-4,15H2,1-2H3. The van der Waals surface area contributed by atoms with Gasteiger partial charge in [-0.25, -0.2) is 0 Å². The van der Waals surface area contributed by atoms with Gasteiger partial charge in [-0.3, -0.25) is 14.5 Å². The fourth-order valence-electron chi connectivity index (χ4n) is 2.92. The molecule has 2 aromatic rings. The van der Waals surface area contributed by atoms with Gasteiger partial charge in [0.05, 0.1) is 11.4 Å². The van der Waals surface area contributed by atoms with E-state index in [4.69, 9.17) is 0 Å². The Bertz CT molecular complexity index is 812. The lowest BCUT2D eigenvalue weighted by atomic mass is 10.1. The summed E-state index contributed by atoms with van der Waals surface area (Å²) < 4.78 is 0. The molecular formula is C21H22N2O2S. The molecule has 1 aliphatic rings. The number of benzene rings is 2. The van der Waals surface area contributed by atoms with Crippen LogP contribution in [-0.2, 0) is 11.3 Å². The first-order chi connectivity index (χ1) is 12.6. The molecule has 0 aliphatic carbocycles. The van der Waals surface area contributed by atoms with E-state index in [9.17, 15) is 9.59 Å². The Morgan fingerprint density at radius 1 is 0.962 bits per heavy atom. The molecule has 0 atom stereocenters. The predicted octanol–water partition coefficient (Wildman–Crippen LogP) is 4.77. The minimum absolute atomic E-state index is 0.218. The maximum atomic E-state index is 12.6. The number of hydrogen-bond acceptors (Lipinski definition) is 4. The van der Waals surface area contributed by atoms with Crippen molar-refractivity contribution in [2.24, 2.45) is 0 Å². The topological polar surface area (TPSA) is 40.6 Å². The summed E-state index contributed by atoms with van der Waals surface area (Å²) in [5, 5.41) is -0.218. The fraction of sp³-hybridized carbons (Fsp3) is 0.238. The van der Waals surface area contributed by atoms with Crippen molar-refractivity contribution in [3.63, 3.8) is 0 Å². The normalized spacial score (nSPS) is 15.8. The fourth-order valence-corrected chi connectivity index (χ4v) is 3.76. The van der Waals surface area contributed by atoms with Crippen LogP contribution in [0.3, 0.4) is 0 Å². The van der Waals surface area contributed by atoms with Gasteiger partial charge >= 0.3 is 0 Å². The van der Waals surface area contributed by atoms with Crippen molar-refractivity contribution in [2.75, 3.05) is 18.0 Å². The number of rotatable bonds is 6. The van der Waals surface area contributed by atoms with Crippen LogP contribution in [0.5, 0.6) is 0 Å². The predicted molar refractivity (Wildman–Crippen MR) is 108 cm³/mol. The first-order valence-electron chi connectivity index (χ1n) is 8.76. The smallest absolute Gasteiger partial charge is 0.293 e. The van der Waals surface area contributed by atoms with Crippen LogP contribution in [-0.4, -0.2) is 29.1 Å². The Balaban J connectivity index is 1.75. The molecule has 1 fully saturated rings. The number of nitrogens with zero attached hydrogens (tertiary/aromatic N) is 2. The Labute approximate surface area is 158 Å². The van der Waals surface area contributed by atoms with Crippen LogP contribution in [0.25, 0.3) is 6.08 Å². The molecule has 1 heterocycles. The minimum atomic E-state index is -0.225. The average molecular weight is 366 g/mol. The number of imide groups is 1. The summed E-state index contributed by atoms with van der Waals surface area (Å²) >= 11 is 1.00. The lowest BCUT2D eigenvalue weighted by Gasteiger charge is -2.20. The van der Waals surface area contributed by atoms with Gasteiger partial charge in [0.2, 0.25) is 0 Å². The van der Waals surface area contributed by atoms with Crippen LogP contribution in [0, 0.1) is 0 Å². The molecule has 134 valence electrons. The summed E-state index contributed by atoms with van der Waals surface area (Å²) in [6.07, 6.45) is 1.79. The third kappa shape index (κ3) is 3.99. The molecule has 0 aromatic heterocycles. The van der Waals surface area contributed by atoms with Gasteiger partial charge in [-0.05, 0) is 54.9 Å². The summed E-state index contributed by atoms with van der Waals surface area (Å²) in [6, 6.07) is 17.6. The molecule has 5 heteroatoms. The van der Waals surface area contributed by atoms with Gasteiger partial charge in [-0.1, -0.05) is 42.5 Å². The van der Waals surface area contributed by atoms with E-state index >= 15 is 0 Å². The quantitative estimate of drug-likeness (QED) is 0.691. The maximum absolute atomic E-state index is 12.6. The van der Waals surface area contributed by atoms with E-state index in [1.54, 1.807) is 6.08 Å². The van der Waals surface area contributed by atoms with Crippen LogP contribution >= 0.6 is 11.8 Å².